The first kappa shape index (κ1) is 9.32. The van der Waals surface area contributed by atoms with E-state index in [1.807, 2.05) is 0 Å². The van der Waals surface area contributed by atoms with Crippen molar-refractivity contribution in [3.8, 4) is 0 Å². The SMILES string of the molecule is CC(C)(Cl)C(=O)OC1C[C@@H]2C[C@@H]2C1. The molecule has 0 aromatic carbocycles. The minimum absolute atomic E-state index is 0.147. The van der Waals surface area contributed by atoms with Crippen LogP contribution in [0, 0.1) is 11.8 Å². The van der Waals surface area contributed by atoms with E-state index in [1.165, 1.54) is 6.42 Å². The largest absolute Gasteiger partial charge is 0.461 e. The van der Waals surface area contributed by atoms with E-state index in [0.29, 0.717) is 0 Å². The number of hydrogen-bond acceptors (Lipinski definition) is 2. The Morgan fingerprint density at radius 1 is 1.31 bits per heavy atom. The fraction of sp³-hybridized carbons (Fsp3) is 0.900. The maximum atomic E-state index is 11.4. The zero-order valence-electron chi connectivity index (χ0n) is 8.05. The van der Waals surface area contributed by atoms with E-state index in [0.717, 1.165) is 24.7 Å². The summed E-state index contributed by atoms with van der Waals surface area (Å²) in [6, 6.07) is 0. The minimum atomic E-state index is -0.868. The van der Waals surface area contributed by atoms with E-state index in [-0.39, 0.29) is 12.1 Å². The molecule has 0 heterocycles. The second-order valence-electron chi connectivity index (χ2n) is 4.73. The maximum Gasteiger partial charge on any atom is 0.326 e. The van der Waals surface area contributed by atoms with E-state index in [9.17, 15) is 4.79 Å². The Morgan fingerprint density at radius 3 is 2.31 bits per heavy atom. The van der Waals surface area contributed by atoms with Crippen molar-refractivity contribution in [2.75, 3.05) is 0 Å². The molecule has 74 valence electrons. The van der Waals surface area contributed by atoms with Crippen molar-refractivity contribution in [1.29, 1.82) is 0 Å². The molecule has 3 atom stereocenters. The summed E-state index contributed by atoms with van der Waals surface area (Å²) in [5, 5.41) is 0. The van der Waals surface area contributed by atoms with Crippen molar-refractivity contribution < 1.29 is 9.53 Å². The molecule has 0 N–H and O–H groups in total. The molecule has 0 aliphatic heterocycles. The summed E-state index contributed by atoms with van der Waals surface area (Å²) in [6.45, 7) is 3.35. The zero-order chi connectivity index (χ0) is 9.64. The zero-order valence-corrected chi connectivity index (χ0v) is 8.80. The van der Waals surface area contributed by atoms with Gasteiger partial charge in [0.15, 0.2) is 0 Å². The fourth-order valence-electron chi connectivity index (χ4n) is 2.05. The molecule has 0 spiro atoms. The van der Waals surface area contributed by atoms with Gasteiger partial charge in [0.1, 0.15) is 11.0 Å². The monoisotopic (exact) mass is 202 g/mol. The van der Waals surface area contributed by atoms with Gasteiger partial charge < -0.3 is 4.74 Å². The van der Waals surface area contributed by atoms with E-state index in [2.05, 4.69) is 0 Å². The molecule has 2 saturated carbocycles. The number of carbonyl (C=O) groups excluding carboxylic acids is 1. The molecule has 2 fully saturated rings. The number of carbonyl (C=O) groups is 1. The normalized spacial score (nSPS) is 37.0. The third kappa shape index (κ3) is 1.98. The molecule has 2 rings (SSSR count). The number of esters is 1. The number of ether oxygens (including phenoxy) is 1. The molecule has 3 heteroatoms. The summed E-state index contributed by atoms with van der Waals surface area (Å²) in [7, 11) is 0. The van der Waals surface area contributed by atoms with Gasteiger partial charge in [-0.2, -0.15) is 0 Å². The average molecular weight is 203 g/mol. The van der Waals surface area contributed by atoms with Crippen LogP contribution < -0.4 is 0 Å². The van der Waals surface area contributed by atoms with Crippen molar-refractivity contribution in [1.82, 2.24) is 0 Å². The van der Waals surface area contributed by atoms with Crippen LogP contribution in [0.2, 0.25) is 0 Å². The van der Waals surface area contributed by atoms with Crippen LogP contribution in [0.5, 0.6) is 0 Å². The second kappa shape index (κ2) is 2.88. The smallest absolute Gasteiger partial charge is 0.326 e. The highest BCUT2D eigenvalue weighted by molar-refractivity contribution is 6.33. The summed E-state index contributed by atoms with van der Waals surface area (Å²) in [4.78, 5) is 10.5. The molecular weight excluding hydrogens is 188 g/mol. The van der Waals surface area contributed by atoms with E-state index in [4.69, 9.17) is 16.3 Å². The van der Waals surface area contributed by atoms with Crippen molar-refractivity contribution >= 4 is 17.6 Å². The van der Waals surface area contributed by atoms with Crippen molar-refractivity contribution in [3.63, 3.8) is 0 Å². The lowest BCUT2D eigenvalue weighted by atomic mass is 10.2. The Balaban J connectivity index is 1.81. The Labute approximate surface area is 83.6 Å². The van der Waals surface area contributed by atoms with Gasteiger partial charge in [-0.15, -0.1) is 11.6 Å². The summed E-state index contributed by atoms with van der Waals surface area (Å²) in [5.74, 6) is 1.41. The molecule has 2 aliphatic carbocycles. The van der Waals surface area contributed by atoms with Gasteiger partial charge in [0, 0.05) is 0 Å². The van der Waals surface area contributed by atoms with Crippen LogP contribution in [0.15, 0.2) is 0 Å². The average Bonchev–Trinajstić information content (AvgIpc) is 2.57. The quantitative estimate of drug-likeness (QED) is 0.508. The van der Waals surface area contributed by atoms with Gasteiger partial charge in [-0.1, -0.05) is 0 Å². The highest BCUT2D eigenvalue weighted by Gasteiger charge is 2.47. The first-order valence-electron chi connectivity index (χ1n) is 4.87. The second-order valence-corrected chi connectivity index (χ2v) is 5.67. The maximum absolute atomic E-state index is 11.4. The lowest BCUT2D eigenvalue weighted by molar-refractivity contribution is -0.151. The molecule has 13 heavy (non-hydrogen) atoms. The van der Waals surface area contributed by atoms with Gasteiger partial charge in [0.25, 0.3) is 0 Å². The highest BCUT2D eigenvalue weighted by Crippen LogP contribution is 2.52. The minimum Gasteiger partial charge on any atom is -0.461 e. The Kier molecular flexibility index (Phi) is 2.06. The summed E-state index contributed by atoms with van der Waals surface area (Å²) in [5.41, 5.74) is 0. The predicted octanol–water partition coefficient (Wildman–Crippen LogP) is 2.35. The van der Waals surface area contributed by atoms with Crippen LogP contribution in [-0.2, 0) is 9.53 Å². The molecule has 0 aromatic heterocycles. The van der Waals surface area contributed by atoms with Gasteiger partial charge in [0.05, 0.1) is 0 Å². The van der Waals surface area contributed by atoms with Crippen molar-refractivity contribution in [2.24, 2.45) is 11.8 Å². The van der Waals surface area contributed by atoms with Gasteiger partial charge in [-0.05, 0) is 44.9 Å². The highest BCUT2D eigenvalue weighted by atomic mass is 35.5. The van der Waals surface area contributed by atoms with Crippen LogP contribution >= 0.6 is 11.6 Å². The van der Waals surface area contributed by atoms with Gasteiger partial charge >= 0.3 is 5.97 Å². The first-order valence-corrected chi connectivity index (χ1v) is 5.24. The molecule has 0 saturated heterocycles. The number of fused-ring (bicyclic) bond motifs is 1. The topological polar surface area (TPSA) is 26.3 Å². The number of halogens is 1. The Morgan fingerprint density at radius 2 is 1.85 bits per heavy atom. The van der Waals surface area contributed by atoms with Crippen molar-refractivity contribution in [3.05, 3.63) is 0 Å². The number of alkyl halides is 1. The molecule has 0 radical (unpaired) electrons. The molecule has 2 nitrogen and oxygen atoms in total. The third-order valence-corrected chi connectivity index (χ3v) is 3.11. The predicted molar refractivity (Wildman–Crippen MR) is 50.6 cm³/mol. The van der Waals surface area contributed by atoms with Crippen LogP contribution in [0.1, 0.15) is 33.1 Å². The summed E-state index contributed by atoms with van der Waals surface area (Å²) < 4.78 is 5.31. The fourth-order valence-corrected chi connectivity index (χ4v) is 2.09. The third-order valence-electron chi connectivity index (χ3n) is 2.96. The molecule has 0 amide bonds. The van der Waals surface area contributed by atoms with E-state index >= 15 is 0 Å². The molecular formula is C10H15ClO2. The van der Waals surface area contributed by atoms with Gasteiger partial charge in [-0.25, -0.2) is 0 Å². The van der Waals surface area contributed by atoms with Gasteiger partial charge in [-0.3, -0.25) is 4.79 Å². The molecule has 1 unspecified atom stereocenters. The van der Waals surface area contributed by atoms with Crippen LogP contribution in [0.4, 0.5) is 0 Å². The molecule has 0 aromatic rings. The van der Waals surface area contributed by atoms with E-state index < -0.39 is 4.87 Å². The standard InChI is InChI=1S/C10H15ClO2/c1-10(2,11)9(12)13-8-4-6-3-7(6)5-8/h6-8H,3-5H2,1-2H3/t6-,7+,8?. The summed E-state index contributed by atoms with van der Waals surface area (Å²) in [6.07, 6.45) is 3.61. The Bertz CT molecular complexity index is 222. The van der Waals surface area contributed by atoms with Crippen molar-refractivity contribution in [2.45, 2.75) is 44.1 Å². The van der Waals surface area contributed by atoms with Crippen LogP contribution in [-0.4, -0.2) is 16.9 Å². The number of rotatable bonds is 2. The van der Waals surface area contributed by atoms with Gasteiger partial charge in [0.2, 0.25) is 0 Å². The lowest BCUT2D eigenvalue weighted by Crippen LogP contribution is -2.30. The lowest BCUT2D eigenvalue weighted by Gasteiger charge is -2.19. The Hall–Kier alpha value is -0.240. The molecule has 0 bridgehead atoms. The summed E-state index contributed by atoms with van der Waals surface area (Å²) >= 11 is 5.84. The molecule has 2 aliphatic rings. The van der Waals surface area contributed by atoms with E-state index in [1.54, 1.807) is 13.8 Å². The van der Waals surface area contributed by atoms with Crippen LogP contribution in [0.25, 0.3) is 0 Å². The first-order chi connectivity index (χ1) is 5.97. The number of hydrogen-bond donors (Lipinski definition) is 0. The van der Waals surface area contributed by atoms with Crippen LogP contribution in [0.3, 0.4) is 0 Å².